The summed E-state index contributed by atoms with van der Waals surface area (Å²) in [5.41, 5.74) is 2.85. The molecule has 1 aromatic rings. The van der Waals surface area contributed by atoms with Crippen LogP contribution in [0.25, 0.3) is 0 Å². The van der Waals surface area contributed by atoms with Crippen molar-refractivity contribution in [3.8, 4) is 6.07 Å². The number of aromatic nitrogens is 2. The molecule has 1 aliphatic carbocycles. The van der Waals surface area contributed by atoms with Crippen LogP contribution in [-0.4, -0.2) is 46.5 Å². The molecule has 0 saturated heterocycles. The number of hydrogen-bond donors (Lipinski definition) is 3. The van der Waals surface area contributed by atoms with Gasteiger partial charge in [0.2, 0.25) is 0 Å². The fourth-order valence-electron chi connectivity index (χ4n) is 3.34. The van der Waals surface area contributed by atoms with E-state index in [1.807, 2.05) is 23.9 Å². The largest absolute Gasteiger partial charge is 0.346 e. The van der Waals surface area contributed by atoms with Crippen molar-refractivity contribution >= 4 is 17.7 Å². The lowest BCUT2D eigenvalue weighted by Crippen LogP contribution is -2.42. The summed E-state index contributed by atoms with van der Waals surface area (Å²) in [6.07, 6.45) is 18.2. The van der Waals surface area contributed by atoms with Crippen LogP contribution in [0.4, 0.5) is 0 Å². The van der Waals surface area contributed by atoms with Gasteiger partial charge in [-0.3, -0.25) is 4.79 Å². The van der Waals surface area contributed by atoms with Crippen LogP contribution < -0.4 is 10.6 Å². The van der Waals surface area contributed by atoms with Gasteiger partial charge in [-0.05, 0) is 57.8 Å². The van der Waals surface area contributed by atoms with Crippen molar-refractivity contribution in [3.63, 3.8) is 0 Å². The monoisotopic (exact) mass is 427 g/mol. The number of nitriles is 1. The Morgan fingerprint density at radius 1 is 1.43 bits per heavy atom. The number of H-pyrrole nitrogens is 1. The van der Waals surface area contributed by atoms with E-state index in [4.69, 9.17) is 5.26 Å². The second-order valence-corrected chi connectivity index (χ2v) is 8.87. The quantitative estimate of drug-likeness (QED) is 0.281. The predicted octanol–water partition coefficient (Wildman–Crippen LogP) is 4.12. The van der Waals surface area contributed by atoms with Crippen LogP contribution in [0.5, 0.6) is 0 Å². The van der Waals surface area contributed by atoms with Crippen molar-refractivity contribution in [1.82, 2.24) is 20.6 Å². The number of nitrogens with one attached hydrogen (secondary N) is 3. The summed E-state index contributed by atoms with van der Waals surface area (Å²) < 4.78 is 0. The maximum absolute atomic E-state index is 12.1. The number of allylic oxidation sites excluding steroid dienone is 3. The minimum atomic E-state index is -0.323. The normalized spacial score (nSPS) is 15.1. The molecule has 162 valence electrons. The van der Waals surface area contributed by atoms with Crippen molar-refractivity contribution in [2.45, 2.75) is 51.5 Å². The molecule has 0 bridgehead atoms. The standard InChI is InChI=1S/C23H33N5OS/c1-23(2,27-14-15-30-3)19(12-11-18-8-5-4-6-9-18)10-7-13-25-22(29)21-26-17-20(16-24)28-21/h7-8,10,12,17,27H,4-6,9,11,13-15H2,1-3H3,(H,25,29)(H,26,28)/b10-7-,19-12+. The fourth-order valence-corrected chi connectivity index (χ4v) is 3.65. The van der Waals surface area contributed by atoms with E-state index in [9.17, 15) is 4.79 Å². The molecule has 2 rings (SSSR count). The van der Waals surface area contributed by atoms with Crippen molar-refractivity contribution in [3.05, 3.63) is 53.2 Å². The van der Waals surface area contributed by atoms with Gasteiger partial charge in [-0.1, -0.05) is 29.9 Å². The maximum Gasteiger partial charge on any atom is 0.287 e. The number of imidazole rings is 1. The van der Waals surface area contributed by atoms with Gasteiger partial charge in [0, 0.05) is 24.4 Å². The number of nitrogens with zero attached hydrogens (tertiary/aromatic N) is 2. The number of amides is 1. The molecule has 0 atom stereocenters. The smallest absolute Gasteiger partial charge is 0.287 e. The van der Waals surface area contributed by atoms with Gasteiger partial charge in [0.15, 0.2) is 5.82 Å². The summed E-state index contributed by atoms with van der Waals surface area (Å²) in [5, 5.41) is 15.3. The van der Waals surface area contributed by atoms with E-state index in [0.29, 0.717) is 6.54 Å². The highest BCUT2D eigenvalue weighted by molar-refractivity contribution is 7.98. The number of rotatable bonds is 11. The summed E-state index contributed by atoms with van der Waals surface area (Å²) >= 11 is 1.83. The highest BCUT2D eigenvalue weighted by Crippen LogP contribution is 2.24. The highest BCUT2D eigenvalue weighted by atomic mass is 32.2. The molecule has 1 aliphatic rings. The van der Waals surface area contributed by atoms with Gasteiger partial charge in [0.05, 0.1) is 6.20 Å². The topological polar surface area (TPSA) is 93.6 Å². The number of carbonyl (C=O) groups excluding carboxylic acids is 1. The Hall–Kier alpha value is -2.30. The van der Waals surface area contributed by atoms with Crippen LogP contribution in [0, 0.1) is 11.3 Å². The summed E-state index contributed by atoms with van der Waals surface area (Å²) in [7, 11) is 0. The highest BCUT2D eigenvalue weighted by Gasteiger charge is 2.20. The third-order valence-corrected chi connectivity index (χ3v) is 5.77. The Morgan fingerprint density at radius 2 is 2.27 bits per heavy atom. The van der Waals surface area contributed by atoms with Crippen LogP contribution in [0.1, 0.15) is 62.3 Å². The molecule has 3 N–H and O–H groups in total. The molecule has 1 aromatic heterocycles. The van der Waals surface area contributed by atoms with E-state index in [2.05, 4.69) is 58.9 Å². The van der Waals surface area contributed by atoms with Gasteiger partial charge in [0.25, 0.3) is 5.91 Å². The first-order chi connectivity index (χ1) is 14.5. The Balaban J connectivity index is 2.00. The number of hydrogen-bond acceptors (Lipinski definition) is 5. The van der Waals surface area contributed by atoms with E-state index in [-0.39, 0.29) is 23.0 Å². The zero-order chi connectivity index (χ0) is 21.8. The van der Waals surface area contributed by atoms with Gasteiger partial charge in [-0.15, -0.1) is 0 Å². The first-order valence-electron chi connectivity index (χ1n) is 10.5. The minimum Gasteiger partial charge on any atom is -0.346 e. The molecule has 1 amide bonds. The zero-order valence-electron chi connectivity index (χ0n) is 18.3. The van der Waals surface area contributed by atoms with E-state index in [1.54, 1.807) is 0 Å². The second kappa shape index (κ2) is 12.4. The Labute approximate surface area is 184 Å². The lowest BCUT2D eigenvalue weighted by molar-refractivity contribution is 0.0948. The average Bonchev–Trinajstić information content (AvgIpc) is 3.23. The van der Waals surface area contributed by atoms with E-state index in [1.165, 1.54) is 43.0 Å². The number of carbonyl (C=O) groups is 1. The van der Waals surface area contributed by atoms with Crippen molar-refractivity contribution in [2.24, 2.45) is 0 Å². The van der Waals surface area contributed by atoms with Gasteiger partial charge in [0.1, 0.15) is 11.8 Å². The molecule has 0 spiro atoms. The molecule has 0 unspecified atom stereocenters. The van der Waals surface area contributed by atoms with Crippen LogP contribution >= 0.6 is 11.8 Å². The first kappa shape index (κ1) is 24.0. The summed E-state index contributed by atoms with van der Waals surface area (Å²) in [6, 6.07) is 1.93. The molecular formula is C23H33N5OS. The molecule has 0 aromatic carbocycles. The Morgan fingerprint density at radius 3 is 2.93 bits per heavy atom. The lowest BCUT2D eigenvalue weighted by atomic mass is 9.90. The lowest BCUT2D eigenvalue weighted by Gasteiger charge is -2.28. The maximum atomic E-state index is 12.1. The summed E-state index contributed by atoms with van der Waals surface area (Å²) in [4.78, 5) is 18.7. The third kappa shape index (κ3) is 7.85. The molecule has 0 saturated carbocycles. The number of thioether (sulfide) groups is 1. The predicted molar refractivity (Wildman–Crippen MR) is 124 cm³/mol. The van der Waals surface area contributed by atoms with Crippen LogP contribution in [-0.2, 0) is 0 Å². The van der Waals surface area contributed by atoms with E-state index in [0.717, 1.165) is 18.7 Å². The summed E-state index contributed by atoms with van der Waals surface area (Å²) in [5.74, 6) is 0.894. The average molecular weight is 428 g/mol. The molecule has 7 heteroatoms. The van der Waals surface area contributed by atoms with Crippen LogP contribution in [0.3, 0.4) is 0 Å². The summed E-state index contributed by atoms with van der Waals surface area (Å²) in [6.45, 7) is 5.73. The molecule has 0 aliphatic heterocycles. The molecule has 6 nitrogen and oxygen atoms in total. The third-order valence-electron chi connectivity index (χ3n) is 5.15. The van der Waals surface area contributed by atoms with Crippen LogP contribution in [0.15, 0.2) is 41.6 Å². The second-order valence-electron chi connectivity index (χ2n) is 7.89. The van der Waals surface area contributed by atoms with E-state index < -0.39 is 0 Å². The molecule has 0 fully saturated rings. The van der Waals surface area contributed by atoms with Crippen LogP contribution in [0.2, 0.25) is 0 Å². The molecule has 1 heterocycles. The Kier molecular flexibility index (Phi) is 9.92. The van der Waals surface area contributed by atoms with E-state index >= 15 is 0 Å². The SMILES string of the molecule is CSCCNC(C)(C)C(/C=C\CNC(=O)c1ncc(C#N)[nH]1)=C/CC1=CCCCC1. The Bertz CT molecular complexity index is 829. The molecular weight excluding hydrogens is 394 g/mol. The fraction of sp³-hybridized carbons (Fsp3) is 0.522. The van der Waals surface area contributed by atoms with Gasteiger partial charge in [-0.25, -0.2) is 4.98 Å². The zero-order valence-corrected chi connectivity index (χ0v) is 19.1. The van der Waals surface area contributed by atoms with Gasteiger partial charge >= 0.3 is 0 Å². The van der Waals surface area contributed by atoms with Crippen molar-refractivity contribution in [1.29, 1.82) is 5.26 Å². The molecule has 30 heavy (non-hydrogen) atoms. The van der Waals surface area contributed by atoms with Crippen molar-refractivity contribution < 1.29 is 4.79 Å². The molecule has 0 radical (unpaired) electrons. The van der Waals surface area contributed by atoms with Crippen molar-refractivity contribution in [2.75, 3.05) is 25.1 Å². The van der Waals surface area contributed by atoms with Gasteiger partial charge < -0.3 is 15.6 Å². The minimum absolute atomic E-state index is 0.152. The first-order valence-corrected chi connectivity index (χ1v) is 11.9. The van der Waals surface area contributed by atoms with Gasteiger partial charge in [-0.2, -0.15) is 17.0 Å². The number of aromatic amines is 1.